The molecule has 6 rings (SSSR count). The van der Waals surface area contributed by atoms with Gasteiger partial charge in [0.15, 0.2) is 11.3 Å². The van der Waals surface area contributed by atoms with Crippen molar-refractivity contribution in [2.75, 3.05) is 13.1 Å². The number of nitrogens with zero attached hydrogens (tertiary/aromatic N) is 6. The van der Waals surface area contributed by atoms with Crippen LogP contribution in [0.15, 0.2) is 66.9 Å². The number of hydrogen-bond acceptors (Lipinski definition) is 7. The number of benzene rings is 2. The second-order valence-corrected chi connectivity index (χ2v) is 11.3. The van der Waals surface area contributed by atoms with E-state index in [4.69, 9.17) is 0 Å². The molecule has 0 bridgehead atoms. The molecule has 15 heteroatoms. The molecule has 1 aliphatic rings. The van der Waals surface area contributed by atoms with Crippen LogP contribution in [0.25, 0.3) is 11.0 Å². The number of rotatable bonds is 12. The van der Waals surface area contributed by atoms with Gasteiger partial charge in [-0.2, -0.15) is 5.10 Å². The van der Waals surface area contributed by atoms with E-state index in [1.807, 2.05) is 41.3 Å². The number of amides is 2. The van der Waals surface area contributed by atoms with Crippen LogP contribution in [0.1, 0.15) is 51.8 Å². The fourth-order valence-electron chi connectivity index (χ4n) is 5.34. The summed E-state index contributed by atoms with van der Waals surface area (Å²) < 4.78 is 56.7. The van der Waals surface area contributed by atoms with Crippen molar-refractivity contribution in [3.05, 3.63) is 101 Å². The van der Waals surface area contributed by atoms with Gasteiger partial charge in [-0.15, -0.1) is 23.4 Å². The van der Waals surface area contributed by atoms with E-state index in [-0.39, 0.29) is 29.6 Å². The van der Waals surface area contributed by atoms with E-state index < -0.39 is 23.8 Å². The van der Waals surface area contributed by atoms with Crippen molar-refractivity contribution in [2.24, 2.45) is 0 Å². The van der Waals surface area contributed by atoms with Gasteiger partial charge in [0.1, 0.15) is 11.6 Å². The van der Waals surface area contributed by atoms with E-state index >= 15 is 0 Å². The van der Waals surface area contributed by atoms with Gasteiger partial charge in [-0.05, 0) is 55.2 Å². The topological polar surface area (TPSA) is 131 Å². The lowest BCUT2D eigenvalue weighted by Gasteiger charge is -2.39. The molecule has 5 aromatic rings. The predicted octanol–water partition coefficient (Wildman–Crippen LogP) is 4.71. The zero-order valence-electron chi connectivity index (χ0n) is 25.0. The van der Waals surface area contributed by atoms with Gasteiger partial charge in [0.25, 0.3) is 5.91 Å². The summed E-state index contributed by atoms with van der Waals surface area (Å²) >= 11 is 0. The third kappa shape index (κ3) is 8.09. The standard InChI is InChI=1S/C32H30F4N8O3/c33-26-10-9-25(47-32(34,35)36)14-22(26)16-37-31(46)28-19-44(42-40-28)11-5-4-8-24-13-21-15-27(38-30(21)41-39-24)23-17-43(18-23)29(45)12-20-6-2-1-3-7-20/h1-3,6-7,9-10,13-15,19,23H,4-5,8,11-12,16-18H2,(H,37,46)(H,38,41). The monoisotopic (exact) mass is 650 g/mol. The number of halogens is 4. The second kappa shape index (κ2) is 13.6. The predicted molar refractivity (Wildman–Crippen MR) is 161 cm³/mol. The summed E-state index contributed by atoms with van der Waals surface area (Å²) in [6.45, 7) is 1.44. The molecule has 0 radical (unpaired) electrons. The van der Waals surface area contributed by atoms with Gasteiger partial charge in [0.05, 0.1) is 18.3 Å². The van der Waals surface area contributed by atoms with Gasteiger partial charge in [0, 0.05) is 48.7 Å². The van der Waals surface area contributed by atoms with Crippen LogP contribution in [0.5, 0.6) is 5.75 Å². The number of carbonyl (C=O) groups excluding carboxylic acids is 2. The molecular weight excluding hydrogens is 620 g/mol. The summed E-state index contributed by atoms with van der Waals surface area (Å²) in [6.07, 6.45) is -0.908. The zero-order valence-corrected chi connectivity index (χ0v) is 25.0. The highest BCUT2D eigenvalue weighted by molar-refractivity contribution is 5.91. The Morgan fingerprint density at radius 1 is 1.00 bits per heavy atom. The number of alkyl halides is 3. The average Bonchev–Trinajstić information content (AvgIpc) is 3.65. The van der Waals surface area contributed by atoms with Crippen molar-refractivity contribution >= 4 is 22.8 Å². The molecule has 0 saturated carbocycles. The van der Waals surface area contributed by atoms with Crippen LogP contribution in [0, 0.1) is 5.82 Å². The minimum absolute atomic E-state index is 0.0113. The largest absolute Gasteiger partial charge is 0.573 e. The number of unbranched alkanes of at least 4 members (excludes halogenated alkanes) is 1. The van der Waals surface area contributed by atoms with Gasteiger partial charge in [-0.3, -0.25) is 14.3 Å². The van der Waals surface area contributed by atoms with Crippen molar-refractivity contribution in [3.63, 3.8) is 0 Å². The molecule has 0 unspecified atom stereocenters. The first kappa shape index (κ1) is 31.6. The van der Waals surface area contributed by atoms with E-state index in [0.717, 1.165) is 47.0 Å². The number of H-pyrrole nitrogens is 1. The van der Waals surface area contributed by atoms with Gasteiger partial charge >= 0.3 is 6.36 Å². The zero-order chi connectivity index (χ0) is 33.0. The summed E-state index contributed by atoms with van der Waals surface area (Å²) in [5.41, 5.74) is 3.40. The number of nitrogens with one attached hydrogen (secondary N) is 2. The van der Waals surface area contributed by atoms with Crippen LogP contribution in [-0.2, 0) is 30.7 Å². The molecular formula is C32H30F4N8O3. The summed E-state index contributed by atoms with van der Waals surface area (Å²) in [6, 6.07) is 16.3. The van der Waals surface area contributed by atoms with E-state index in [1.165, 1.54) is 10.9 Å². The highest BCUT2D eigenvalue weighted by Gasteiger charge is 2.33. The summed E-state index contributed by atoms with van der Waals surface area (Å²) in [4.78, 5) is 30.3. The molecule has 1 aliphatic heterocycles. The highest BCUT2D eigenvalue weighted by atomic mass is 19.4. The number of hydrogen-bond donors (Lipinski definition) is 2. The summed E-state index contributed by atoms with van der Waals surface area (Å²) in [5.74, 6) is -1.68. The SMILES string of the molecule is O=C(NCc1cc(OC(F)(F)F)ccc1F)c1cn(CCCCc2cc3cc(C4CN(C(=O)Cc5ccccc5)C4)[nH]c3nn2)nn1. The highest BCUT2D eigenvalue weighted by Crippen LogP contribution is 2.29. The van der Waals surface area contributed by atoms with Crippen LogP contribution in [-0.4, -0.2) is 66.3 Å². The van der Waals surface area contributed by atoms with Crippen LogP contribution < -0.4 is 10.1 Å². The number of carbonyl (C=O) groups is 2. The molecule has 0 atom stereocenters. The maximum atomic E-state index is 14.0. The fraction of sp³-hybridized carbons (Fsp3) is 0.312. The quantitative estimate of drug-likeness (QED) is 0.148. The number of likely N-dealkylation sites (tertiary alicyclic amines) is 1. The third-order valence-corrected chi connectivity index (χ3v) is 7.85. The van der Waals surface area contributed by atoms with Crippen LogP contribution in [0.3, 0.4) is 0 Å². The molecule has 1 saturated heterocycles. The van der Waals surface area contributed by atoms with E-state index in [0.29, 0.717) is 44.5 Å². The van der Waals surface area contributed by atoms with Gasteiger partial charge < -0.3 is 19.9 Å². The number of aromatic amines is 1. The Kier molecular flexibility index (Phi) is 9.13. The fourth-order valence-corrected chi connectivity index (χ4v) is 5.34. The maximum absolute atomic E-state index is 14.0. The molecule has 1 fully saturated rings. The number of aryl methyl sites for hydroxylation is 2. The van der Waals surface area contributed by atoms with E-state index in [2.05, 4.69) is 41.6 Å². The van der Waals surface area contributed by atoms with Crippen LogP contribution in [0.2, 0.25) is 0 Å². The smallest absolute Gasteiger partial charge is 0.406 e. The Balaban J connectivity index is 0.936. The molecule has 0 spiro atoms. The van der Waals surface area contributed by atoms with Crippen molar-refractivity contribution in [3.8, 4) is 5.75 Å². The van der Waals surface area contributed by atoms with Gasteiger partial charge in [-0.25, -0.2) is 4.39 Å². The lowest BCUT2D eigenvalue weighted by atomic mass is 9.95. The van der Waals surface area contributed by atoms with E-state index in [9.17, 15) is 27.2 Å². The molecule has 11 nitrogen and oxygen atoms in total. The lowest BCUT2D eigenvalue weighted by molar-refractivity contribution is -0.274. The van der Waals surface area contributed by atoms with Crippen molar-refractivity contribution < 1.29 is 31.9 Å². The number of aromatic nitrogens is 6. The minimum atomic E-state index is -4.92. The normalized spacial score (nSPS) is 13.5. The minimum Gasteiger partial charge on any atom is -0.406 e. The summed E-state index contributed by atoms with van der Waals surface area (Å²) in [7, 11) is 0. The molecule has 2 aromatic carbocycles. The van der Waals surface area contributed by atoms with Crippen LogP contribution >= 0.6 is 0 Å². The lowest BCUT2D eigenvalue weighted by Crippen LogP contribution is -2.49. The Bertz CT molecular complexity index is 1870. The van der Waals surface area contributed by atoms with Crippen molar-refractivity contribution in [2.45, 2.75) is 51.1 Å². The first-order valence-corrected chi connectivity index (χ1v) is 15.0. The molecule has 3 aromatic heterocycles. The van der Waals surface area contributed by atoms with Crippen LogP contribution in [0.4, 0.5) is 17.6 Å². The Labute approximate surface area is 265 Å². The molecule has 244 valence electrons. The second-order valence-electron chi connectivity index (χ2n) is 11.3. The van der Waals surface area contributed by atoms with Crippen molar-refractivity contribution in [1.29, 1.82) is 0 Å². The Hall–Kier alpha value is -5.34. The Morgan fingerprint density at radius 3 is 2.60 bits per heavy atom. The first-order chi connectivity index (χ1) is 22.6. The molecule has 0 aliphatic carbocycles. The Morgan fingerprint density at radius 2 is 1.81 bits per heavy atom. The summed E-state index contributed by atoms with van der Waals surface area (Å²) in [5, 5.41) is 19.9. The molecule has 4 heterocycles. The first-order valence-electron chi connectivity index (χ1n) is 15.0. The van der Waals surface area contributed by atoms with Gasteiger partial charge in [-0.1, -0.05) is 35.5 Å². The third-order valence-electron chi connectivity index (χ3n) is 7.85. The maximum Gasteiger partial charge on any atom is 0.573 e. The number of fused-ring (bicyclic) bond motifs is 1. The number of ether oxygens (including phenoxy) is 1. The van der Waals surface area contributed by atoms with Gasteiger partial charge in [0.2, 0.25) is 5.91 Å². The molecule has 47 heavy (non-hydrogen) atoms. The molecule has 2 amide bonds. The molecule has 2 N–H and O–H groups in total. The van der Waals surface area contributed by atoms with Crippen molar-refractivity contribution in [1.82, 2.24) is 40.4 Å². The average molecular weight is 651 g/mol. The van der Waals surface area contributed by atoms with E-state index in [1.54, 1.807) is 0 Å².